The Labute approximate surface area is 182 Å². The van der Waals surface area contributed by atoms with Crippen LogP contribution in [0.2, 0.25) is 0 Å². The summed E-state index contributed by atoms with van der Waals surface area (Å²) in [7, 11) is 0. The number of aryl methyl sites for hydroxylation is 2. The van der Waals surface area contributed by atoms with Gasteiger partial charge in [-0.1, -0.05) is 29.5 Å². The van der Waals surface area contributed by atoms with Crippen LogP contribution in [-0.2, 0) is 12.3 Å². The van der Waals surface area contributed by atoms with Crippen molar-refractivity contribution >= 4 is 28.1 Å². The maximum Gasteiger partial charge on any atom is 0.258 e. The fraction of sp³-hybridized carbons (Fsp3) is 0.333. The van der Waals surface area contributed by atoms with Crippen molar-refractivity contribution in [3.05, 3.63) is 68.8 Å². The maximum absolute atomic E-state index is 12.2. The highest BCUT2D eigenvalue weighted by molar-refractivity contribution is 7.98. The summed E-state index contributed by atoms with van der Waals surface area (Å²) in [5.74, 6) is 2.18. The second kappa shape index (κ2) is 8.61. The predicted octanol–water partition coefficient (Wildman–Crippen LogP) is 4.42. The van der Waals surface area contributed by atoms with E-state index in [0.717, 1.165) is 34.5 Å². The lowest BCUT2D eigenvalue weighted by Crippen LogP contribution is -2.13. The third-order valence-corrected chi connectivity index (χ3v) is 6.52. The van der Waals surface area contributed by atoms with E-state index in [9.17, 15) is 4.79 Å². The van der Waals surface area contributed by atoms with Gasteiger partial charge in [0.2, 0.25) is 0 Å². The molecule has 0 saturated carbocycles. The van der Waals surface area contributed by atoms with Gasteiger partial charge in [0.15, 0.2) is 22.0 Å². The van der Waals surface area contributed by atoms with Gasteiger partial charge < -0.3 is 9.30 Å². The molecule has 4 rings (SSSR count). The molecule has 1 atom stereocenters. The molecule has 0 saturated heterocycles. The standard InChI is InChI=1S/C21H23N5O2S2/c1-5-25-19(15(4)28-17-7-6-13(2)10-14(17)3)23-24-21(25)30-12-16-11-18(27)26-8-9-29-20(26)22-16/h6-11,15H,5,12H2,1-4H3. The van der Waals surface area contributed by atoms with Crippen LogP contribution in [0.3, 0.4) is 0 Å². The van der Waals surface area contributed by atoms with Crippen LogP contribution in [0.25, 0.3) is 4.96 Å². The number of rotatable bonds is 7. The first-order valence-electron chi connectivity index (χ1n) is 9.72. The highest BCUT2D eigenvalue weighted by Gasteiger charge is 2.19. The summed E-state index contributed by atoms with van der Waals surface area (Å²) < 4.78 is 9.78. The Balaban J connectivity index is 1.51. The van der Waals surface area contributed by atoms with E-state index in [1.807, 2.05) is 31.4 Å². The maximum atomic E-state index is 12.2. The summed E-state index contributed by atoms with van der Waals surface area (Å²) in [4.78, 5) is 17.4. The quantitative estimate of drug-likeness (QED) is 0.395. The van der Waals surface area contributed by atoms with E-state index < -0.39 is 0 Å². The van der Waals surface area contributed by atoms with E-state index in [-0.39, 0.29) is 11.7 Å². The molecular formula is C21H23N5O2S2. The molecule has 4 aromatic rings. The van der Waals surface area contributed by atoms with E-state index in [1.165, 1.54) is 28.7 Å². The van der Waals surface area contributed by atoms with Crippen LogP contribution in [0, 0.1) is 13.8 Å². The summed E-state index contributed by atoms with van der Waals surface area (Å²) in [6.45, 7) is 8.88. The molecule has 0 fully saturated rings. The van der Waals surface area contributed by atoms with Gasteiger partial charge in [0, 0.05) is 29.9 Å². The van der Waals surface area contributed by atoms with Crippen molar-refractivity contribution in [3.63, 3.8) is 0 Å². The van der Waals surface area contributed by atoms with Crippen molar-refractivity contribution < 1.29 is 4.74 Å². The Morgan fingerprint density at radius 2 is 2.07 bits per heavy atom. The van der Waals surface area contributed by atoms with Crippen molar-refractivity contribution in [1.82, 2.24) is 24.1 Å². The average Bonchev–Trinajstić information content (AvgIpc) is 3.35. The molecule has 0 aliphatic carbocycles. The summed E-state index contributed by atoms with van der Waals surface area (Å²) in [5.41, 5.74) is 2.97. The second-order valence-corrected chi connectivity index (χ2v) is 8.86. The van der Waals surface area contributed by atoms with Gasteiger partial charge in [-0.2, -0.15) is 0 Å². The lowest BCUT2D eigenvalue weighted by Gasteiger charge is -2.17. The Bertz CT molecular complexity index is 1240. The van der Waals surface area contributed by atoms with Crippen LogP contribution in [0.15, 0.2) is 45.8 Å². The van der Waals surface area contributed by atoms with E-state index in [1.54, 1.807) is 16.7 Å². The summed E-state index contributed by atoms with van der Waals surface area (Å²) in [5, 5.41) is 11.4. The normalized spacial score (nSPS) is 12.4. The van der Waals surface area contributed by atoms with Crippen LogP contribution < -0.4 is 10.3 Å². The van der Waals surface area contributed by atoms with Gasteiger partial charge in [-0.15, -0.1) is 21.5 Å². The Morgan fingerprint density at radius 1 is 1.23 bits per heavy atom. The Kier molecular flexibility index (Phi) is 5.92. The van der Waals surface area contributed by atoms with Gasteiger partial charge >= 0.3 is 0 Å². The zero-order chi connectivity index (χ0) is 21.3. The lowest BCUT2D eigenvalue weighted by molar-refractivity contribution is 0.208. The molecular weight excluding hydrogens is 418 g/mol. The summed E-state index contributed by atoms with van der Waals surface area (Å²) in [6, 6.07) is 7.72. The number of hydrogen-bond donors (Lipinski definition) is 0. The van der Waals surface area contributed by atoms with Gasteiger partial charge in [0.05, 0.1) is 5.69 Å². The van der Waals surface area contributed by atoms with Gasteiger partial charge in [0.1, 0.15) is 5.75 Å². The minimum absolute atomic E-state index is 0.0648. The largest absolute Gasteiger partial charge is 0.482 e. The van der Waals surface area contributed by atoms with Crippen molar-refractivity contribution in [2.75, 3.05) is 0 Å². The fourth-order valence-electron chi connectivity index (χ4n) is 3.28. The smallest absolute Gasteiger partial charge is 0.258 e. The van der Waals surface area contributed by atoms with Crippen molar-refractivity contribution in [2.24, 2.45) is 0 Å². The molecule has 9 heteroatoms. The second-order valence-electron chi connectivity index (χ2n) is 7.04. The molecule has 3 aromatic heterocycles. The van der Waals surface area contributed by atoms with Crippen molar-refractivity contribution in [3.8, 4) is 5.75 Å². The average molecular weight is 442 g/mol. The van der Waals surface area contributed by atoms with E-state index in [2.05, 4.69) is 39.7 Å². The highest BCUT2D eigenvalue weighted by Crippen LogP contribution is 2.28. The van der Waals surface area contributed by atoms with E-state index in [4.69, 9.17) is 4.74 Å². The molecule has 3 heterocycles. The molecule has 0 aliphatic heterocycles. The third kappa shape index (κ3) is 4.13. The first-order valence-corrected chi connectivity index (χ1v) is 11.6. The lowest BCUT2D eigenvalue weighted by atomic mass is 10.1. The molecule has 0 bridgehead atoms. The van der Waals surface area contributed by atoms with Gasteiger partial charge in [-0.25, -0.2) is 4.98 Å². The number of benzene rings is 1. The predicted molar refractivity (Wildman–Crippen MR) is 120 cm³/mol. The van der Waals surface area contributed by atoms with Crippen LogP contribution >= 0.6 is 23.1 Å². The molecule has 156 valence electrons. The molecule has 30 heavy (non-hydrogen) atoms. The monoisotopic (exact) mass is 441 g/mol. The Morgan fingerprint density at radius 3 is 2.83 bits per heavy atom. The molecule has 0 amide bonds. The van der Waals surface area contributed by atoms with Crippen LogP contribution in [-0.4, -0.2) is 24.1 Å². The van der Waals surface area contributed by atoms with E-state index in [0.29, 0.717) is 10.7 Å². The molecule has 1 unspecified atom stereocenters. The first kappa shape index (κ1) is 20.6. The van der Waals surface area contributed by atoms with Gasteiger partial charge in [0.25, 0.3) is 5.56 Å². The van der Waals surface area contributed by atoms with Crippen molar-refractivity contribution in [1.29, 1.82) is 0 Å². The van der Waals surface area contributed by atoms with Crippen molar-refractivity contribution in [2.45, 2.75) is 51.3 Å². The third-order valence-electron chi connectivity index (χ3n) is 4.76. The summed E-state index contributed by atoms with van der Waals surface area (Å²) >= 11 is 2.97. The molecule has 0 N–H and O–H groups in total. The van der Waals surface area contributed by atoms with Gasteiger partial charge in [-0.05, 0) is 39.3 Å². The molecule has 0 aliphatic rings. The van der Waals surface area contributed by atoms with Crippen LogP contribution in [0.4, 0.5) is 0 Å². The Hall–Kier alpha value is -2.65. The number of nitrogens with zero attached hydrogens (tertiary/aromatic N) is 5. The minimum Gasteiger partial charge on any atom is -0.482 e. The van der Waals surface area contributed by atoms with Crippen LogP contribution in [0.5, 0.6) is 5.75 Å². The number of thioether (sulfide) groups is 1. The molecule has 1 aromatic carbocycles. The fourth-order valence-corrected chi connectivity index (χ4v) is 4.92. The zero-order valence-electron chi connectivity index (χ0n) is 17.3. The molecule has 0 radical (unpaired) electrons. The number of fused-ring (bicyclic) bond motifs is 1. The van der Waals surface area contributed by atoms with E-state index >= 15 is 0 Å². The molecule has 7 nitrogen and oxygen atoms in total. The number of thiazole rings is 1. The zero-order valence-corrected chi connectivity index (χ0v) is 19.0. The number of hydrogen-bond acceptors (Lipinski definition) is 7. The minimum atomic E-state index is -0.238. The first-order chi connectivity index (χ1) is 14.5. The SMILES string of the molecule is CCn1c(SCc2cc(=O)n3ccsc3n2)nnc1C(C)Oc1ccc(C)cc1C. The van der Waals surface area contributed by atoms with Gasteiger partial charge in [-0.3, -0.25) is 9.20 Å². The van der Waals surface area contributed by atoms with Crippen LogP contribution in [0.1, 0.15) is 42.6 Å². The summed E-state index contributed by atoms with van der Waals surface area (Å²) in [6.07, 6.45) is 1.50. The number of aromatic nitrogens is 5. The highest BCUT2D eigenvalue weighted by atomic mass is 32.2. The molecule has 0 spiro atoms. The number of ether oxygens (including phenoxy) is 1. The topological polar surface area (TPSA) is 74.3 Å².